The standard InChI is InChI=1S/C12H13F5/c1-11(2,3)8-5-4-7(10(13)14)6-9(8)12(15,16)17/h4-6,10H,1-3H3. The van der Waals surface area contributed by atoms with E-state index in [1.807, 2.05) is 0 Å². The van der Waals surface area contributed by atoms with Crippen LogP contribution in [0.2, 0.25) is 0 Å². The molecule has 0 unspecified atom stereocenters. The minimum Gasteiger partial charge on any atom is -0.205 e. The van der Waals surface area contributed by atoms with Crippen molar-refractivity contribution in [1.29, 1.82) is 0 Å². The number of benzene rings is 1. The molecule has 96 valence electrons. The summed E-state index contributed by atoms with van der Waals surface area (Å²) >= 11 is 0. The second-order valence-electron chi connectivity index (χ2n) is 4.85. The van der Waals surface area contributed by atoms with Crippen molar-refractivity contribution in [3.8, 4) is 0 Å². The van der Waals surface area contributed by atoms with Gasteiger partial charge in [-0.3, -0.25) is 0 Å². The van der Waals surface area contributed by atoms with Gasteiger partial charge in [0.1, 0.15) is 0 Å². The van der Waals surface area contributed by atoms with E-state index in [-0.39, 0.29) is 5.56 Å². The summed E-state index contributed by atoms with van der Waals surface area (Å²) in [5.74, 6) is 0. The van der Waals surface area contributed by atoms with Crippen LogP contribution in [0.25, 0.3) is 0 Å². The first-order chi connectivity index (χ1) is 7.53. The van der Waals surface area contributed by atoms with Crippen molar-refractivity contribution in [2.24, 2.45) is 0 Å². The molecule has 0 radical (unpaired) electrons. The average Bonchev–Trinajstić information content (AvgIpc) is 2.14. The molecule has 0 amide bonds. The lowest BCUT2D eigenvalue weighted by molar-refractivity contribution is -0.138. The van der Waals surface area contributed by atoms with Crippen molar-refractivity contribution in [2.75, 3.05) is 0 Å². The van der Waals surface area contributed by atoms with Gasteiger partial charge in [0, 0.05) is 5.56 Å². The molecule has 0 aromatic heterocycles. The first-order valence-electron chi connectivity index (χ1n) is 5.03. The maximum atomic E-state index is 12.8. The van der Waals surface area contributed by atoms with Gasteiger partial charge in [0.05, 0.1) is 5.56 Å². The number of hydrogen-bond acceptors (Lipinski definition) is 0. The highest BCUT2D eigenvalue weighted by Crippen LogP contribution is 2.39. The second kappa shape index (κ2) is 4.27. The first-order valence-corrected chi connectivity index (χ1v) is 5.03. The van der Waals surface area contributed by atoms with E-state index in [9.17, 15) is 22.0 Å². The maximum absolute atomic E-state index is 12.8. The third-order valence-corrected chi connectivity index (χ3v) is 2.41. The molecule has 1 aromatic rings. The zero-order valence-corrected chi connectivity index (χ0v) is 9.70. The quantitative estimate of drug-likeness (QED) is 0.621. The van der Waals surface area contributed by atoms with E-state index >= 15 is 0 Å². The summed E-state index contributed by atoms with van der Waals surface area (Å²) in [7, 11) is 0. The predicted molar refractivity (Wildman–Crippen MR) is 55.1 cm³/mol. The van der Waals surface area contributed by atoms with Gasteiger partial charge in [0.15, 0.2) is 0 Å². The monoisotopic (exact) mass is 252 g/mol. The lowest BCUT2D eigenvalue weighted by Crippen LogP contribution is -2.19. The van der Waals surface area contributed by atoms with Crippen molar-refractivity contribution < 1.29 is 22.0 Å². The minimum absolute atomic E-state index is 0.0226. The SMILES string of the molecule is CC(C)(C)c1ccc(C(F)F)cc1C(F)(F)F. The highest BCUT2D eigenvalue weighted by atomic mass is 19.4. The molecule has 1 rings (SSSR count). The van der Waals surface area contributed by atoms with Crippen LogP contribution in [0.15, 0.2) is 18.2 Å². The Bertz CT molecular complexity index is 398. The van der Waals surface area contributed by atoms with Crippen molar-refractivity contribution in [1.82, 2.24) is 0 Å². The van der Waals surface area contributed by atoms with Crippen LogP contribution >= 0.6 is 0 Å². The summed E-state index contributed by atoms with van der Waals surface area (Å²) in [5.41, 5.74) is -2.31. The van der Waals surface area contributed by atoms with Gasteiger partial charge < -0.3 is 0 Å². The number of rotatable bonds is 1. The number of alkyl halides is 5. The van der Waals surface area contributed by atoms with Crippen LogP contribution < -0.4 is 0 Å². The molecule has 0 aliphatic heterocycles. The lowest BCUT2D eigenvalue weighted by Gasteiger charge is -2.24. The molecule has 0 spiro atoms. The van der Waals surface area contributed by atoms with E-state index < -0.39 is 29.1 Å². The Hall–Kier alpha value is -1.13. The van der Waals surface area contributed by atoms with Gasteiger partial charge in [-0.05, 0) is 17.0 Å². The highest BCUT2D eigenvalue weighted by molar-refractivity contribution is 5.38. The van der Waals surface area contributed by atoms with Crippen molar-refractivity contribution >= 4 is 0 Å². The molecule has 0 bridgehead atoms. The minimum atomic E-state index is -4.62. The fourth-order valence-electron chi connectivity index (χ4n) is 1.59. The van der Waals surface area contributed by atoms with Crippen molar-refractivity contribution in [3.63, 3.8) is 0 Å². The van der Waals surface area contributed by atoms with Gasteiger partial charge in [0.2, 0.25) is 0 Å². The molecule has 0 atom stereocenters. The fourth-order valence-corrected chi connectivity index (χ4v) is 1.59. The van der Waals surface area contributed by atoms with Crippen LogP contribution in [-0.4, -0.2) is 0 Å². The Balaban J connectivity index is 3.43. The Morgan fingerprint density at radius 3 is 1.82 bits per heavy atom. The molecular formula is C12H13F5. The third-order valence-electron chi connectivity index (χ3n) is 2.41. The fraction of sp³-hybridized carbons (Fsp3) is 0.500. The van der Waals surface area contributed by atoms with Gasteiger partial charge in [-0.1, -0.05) is 32.9 Å². The zero-order chi connectivity index (χ0) is 13.4. The molecule has 0 saturated carbocycles. The molecule has 17 heavy (non-hydrogen) atoms. The Morgan fingerprint density at radius 2 is 1.47 bits per heavy atom. The van der Waals surface area contributed by atoms with E-state index in [1.54, 1.807) is 20.8 Å². The third kappa shape index (κ3) is 3.17. The van der Waals surface area contributed by atoms with Crippen LogP contribution in [0.5, 0.6) is 0 Å². The molecule has 0 fully saturated rings. The number of hydrogen-bond donors (Lipinski definition) is 0. The molecule has 5 heteroatoms. The molecule has 0 heterocycles. The molecule has 0 saturated heterocycles. The van der Waals surface area contributed by atoms with Crippen LogP contribution in [0.3, 0.4) is 0 Å². The number of halogens is 5. The van der Waals surface area contributed by atoms with Gasteiger partial charge in [0.25, 0.3) is 6.43 Å². The van der Waals surface area contributed by atoms with Crippen LogP contribution in [-0.2, 0) is 11.6 Å². The average molecular weight is 252 g/mol. The van der Waals surface area contributed by atoms with Gasteiger partial charge in [-0.2, -0.15) is 13.2 Å². The second-order valence-corrected chi connectivity index (χ2v) is 4.85. The normalized spacial score (nSPS) is 13.2. The highest BCUT2D eigenvalue weighted by Gasteiger charge is 2.37. The smallest absolute Gasteiger partial charge is 0.205 e. The van der Waals surface area contributed by atoms with E-state index in [0.29, 0.717) is 6.07 Å². The Morgan fingerprint density at radius 1 is 0.941 bits per heavy atom. The van der Waals surface area contributed by atoms with Gasteiger partial charge in [-0.25, -0.2) is 8.78 Å². The molecule has 0 nitrogen and oxygen atoms in total. The summed E-state index contributed by atoms with van der Waals surface area (Å²) in [5, 5.41) is 0. The van der Waals surface area contributed by atoms with Gasteiger partial charge in [-0.15, -0.1) is 0 Å². The lowest BCUT2D eigenvalue weighted by atomic mass is 9.83. The van der Waals surface area contributed by atoms with E-state index in [2.05, 4.69) is 0 Å². The predicted octanol–water partition coefficient (Wildman–Crippen LogP) is 4.94. The van der Waals surface area contributed by atoms with E-state index in [0.717, 1.165) is 12.1 Å². The summed E-state index contributed by atoms with van der Waals surface area (Å²) in [6.45, 7) is 4.83. The van der Waals surface area contributed by atoms with E-state index in [1.165, 1.54) is 0 Å². The van der Waals surface area contributed by atoms with Gasteiger partial charge >= 0.3 is 6.18 Å². The first kappa shape index (κ1) is 13.9. The van der Waals surface area contributed by atoms with Crippen LogP contribution in [0, 0.1) is 0 Å². The zero-order valence-electron chi connectivity index (χ0n) is 9.70. The Labute approximate surface area is 96.4 Å². The molecule has 0 aliphatic carbocycles. The molecular weight excluding hydrogens is 239 g/mol. The van der Waals surface area contributed by atoms with Crippen LogP contribution in [0.4, 0.5) is 22.0 Å². The summed E-state index contributed by atoms with van der Waals surface area (Å²) < 4.78 is 63.1. The largest absolute Gasteiger partial charge is 0.416 e. The van der Waals surface area contributed by atoms with Crippen molar-refractivity contribution in [3.05, 3.63) is 34.9 Å². The molecule has 1 aromatic carbocycles. The van der Waals surface area contributed by atoms with Crippen molar-refractivity contribution in [2.45, 2.75) is 38.8 Å². The topological polar surface area (TPSA) is 0 Å². The maximum Gasteiger partial charge on any atom is 0.416 e. The summed E-state index contributed by atoms with van der Waals surface area (Å²) in [6.07, 6.45) is -7.52. The molecule has 0 aliphatic rings. The molecule has 0 N–H and O–H groups in total. The van der Waals surface area contributed by atoms with E-state index in [4.69, 9.17) is 0 Å². The Kier molecular flexibility index (Phi) is 3.50. The summed E-state index contributed by atoms with van der Waals surface area (Å²) in [4.78, 5) is 0. The van der Waals surface area contributed by atoms with Crippen LogP contribution in [0.1, 0.15) is 43.9 Å². The summed E-state index contributed by atoms with van der Waals surface area (Å²) in [6, 6.07) is 2.70.